The van der Waals surface area contributed by atoms with Crippen LogP contribution in [0.15, 0.2) is 0 Å². The van der Waals surface area contributed by atoms with Crippen molar-refractivity contribution in [3.05, 3.63) is 0 Å². The van der Waals surface area contributed by atoms with E-state index in [-0.39, 0.29) is 5.91 Å². The molecule has 0 aromatic heterocycles. The zero-order chi connectivity index (χ0) is 10.9. The number of likely N-dealkylation sites (tertiary alicyclic amines) is 1. The fourth-order valence-electron chi connectivity index (χ4n) is 1.94. The molecule has 0 aromatic carbocycles. The minimum Gasteiger partial charge on any atom is -0.354 e. The van der Waals surface area contributed by atoms with Crippen LogP contribution in [0.2, 0.25) is 0 Å². The van der Waals surface area contributed by atoms with E-state index in [0.29, 0.717) is 6.54 Å². The Bertz CT molecular complexity index is 177. The summed E-state index contributed by atoms with van der Waals surface area (Å²) in [5, 5.41) is 5.75. The summed E-state index contributed by atoms with van der Waals surface area (Å²) in [5.41, 5.74) is 0. The van der Waals surface area contributed by atoms with Crippen molar-refractivity contribution >= 4 is 5.91 Å². The predicted octanol–water partition coefficient (Wildman–Crippen LogP) is 0.198. The van der Waals surface area contributed by atoms with Crippen LogP contribution in [0.4, 0.5) is 0 Å². The molecule has 1 fully saturated rings. The normalized spacial score (nSPS) is 18.5. The molecule has 0 saturated carbocycles. The van der Waals surface area contributed by atoms with Crippen molar-refractivity contribution in [2.24, 2.45) is 0 Å². The third-order valence-electron chi connectivity index (χ3n) is 2.79. The van der Waals surface area contributed by atoms with Crippen LogP contribution in [-0.2, 0) is 4.79 Å². The van der Waals surface area contributed by atoms with Crippen LogP contribution >= 0.6 is 0 Å². The summed E-state index contributed by atoms with van der Waals surface area (Å²) < 4.78 is 0. The first kappa shape index (κ1) is 12.5. The average Bonchev–Trinajstić information content (AvgIpc) is 2.47. The summed E-state index contributed by atoms with van der Waals surface area (Å²) in [4.78, 5) is 13.6. The molecule has 0 radical (unpaired) electrons. The fourth-order valence-corrected chi connectivity index (χ4v) is 1.94. The summed E-state index contributed by atoms with van der Waals surface area (Å²) in [7, 11) is 1.79. The van der Waals surface area contributed by atoms with Gasteiger partial charge < -0.3 is 15.5 Å². The van der Waals surface area contributed by atoms with Gasteiger partial charge in [-0.2, -0.15) is 0 Å². The van der Waals surface area contributed by atoms with E-state index in [0.717, 1.165) is 13.1 Å². The average molecular weight is 213 g/mol. The Morgan fingerprint density at radius 1 is 1.20 bits per heavy atom. The van der Waals surface area contributed by atoms with E-state index >= 15 is 0 Å². The van der Waals surface area contributed by atoms with Crippen molar-refractivity contribution in [2.45, 2.75) is 25.7 Å². The predicted molar refractivity (Wildman–Crippen MR) is 61.8 cm³/mol. The van der Waals surface area contributed by atoms with Crippen molar-refractivity contribution in [3.8, 4) is 0 Å². The van der Waals surface area contributed by atoms with E-state index in [9.17, 15) is 4.79 Å². The van der Waals surface area contributed by atoms with E-state index < -0.39 is 0 Å². The van der Waals surface area contributed by atoms with Gasteiger partial charge in [0.25, 0.3) is 0 Å². The molecule has 1 heterocycles. The largest absolute Gasteiger partial charge is 0.354 e. The lowest BCUT2D eigenvalue weighted by atomic mass is 10.2. The van der Waals surface area contributed by atoms with E-state index in [4.69, 9.17) is 0 Å². The lowest BCUT2D eigenvalue weighted by Gasteiger charge is -2.19. The van der Waals surface area contributed by atoms with Crippen molar-refractivity contribution in [3.63, 3.8) is 0 Å². The highest BCUT2D eigenvalue weighted by atomic mass is 16.1. The first-order chi connectivity index (χ1) is 7.33. The first-order valence-electron chi connectivity index (χ1n) is 5.96. The number of likely N-dealkylation sites (N-methyl/N-ethyl adjacent to an activating group) is 1. The van der Waals surface area contributed by atoms with Gasteiger partial charge in [-0.1, -0.05) is 12.8 Å². The van der Waals surface area contributed by atoms with Crippen molar-refractivity contribution < 1.29 is 4.79 Å². The number of carbonyl (C=O) groups excluding carboxylic acids is 1. The van der Waals surface area contributed by atoms with Gasteiger partial charge in [-0.05, 0) is 33.0 Å². The fraction of sp³-hybridized carbons (Fsp3) is 0.909. The summed E-state index contributed by atoms with van der Waals surface area (Å²) >= 11 is 0. The standard InChI is InChI=1S/C11H23N3O/c1-12-10-11(15)13-6-9-14-7-4-2-3-5-8-14/h12H,2-10H2,1H3,(H,13,15). The van der Waals surface area contributed by atoms with Gasteiger partial charge in [-0.15, -0.1) is 0 Å². The van der Waals surface area contributed by atoms with Gasteiger partial charge in [0.05, 0.1) is 6.54 Å². The molecule has 2 N–H and O–H groups in total. The van der Waals surface area contributed by atoms with Gasteiger partial charge >= 0.3 is 0 Å². The van der Waals surface area contributed by atoms with E-state index in [1.165, 1.54) is 38.8 Å². The summed E-state index contributed by atoms with van der Waals surface area (Å²) in [6.45, 7) is 4.58. The Morgan fingerprint density at radius 3 is 2.47 bits per heavy atom. The van der Waals surface area contributed by atoms with Crippen molar-refractivity contribution in [1.29, 1.82) is 0 Å². The maximum atomic E-state index is 11.2. The lowest BCUT2D eigenvalue weighted by Crippen LogP contribution is -2.38. The van der Waals surface area contributed by atoms with Gasteiger partial charge in [0.2, 0.25) is 5.91 Å². The molecule has 4 nitrogen and oxygen atoms in total. The second kappa shape index (κ2) is 7.65. The highest BCUT2D eigenvalue weighted by Gasteiger charge is 2.08. The number of amides is 1. The van der Waals surface area contributed by atoms with Crippen LogP contribution in [0.5, 0.6) is 0 Å². The molecule has 15 heavy (non-hydrogen) atoms. The van der Waals surface area contributed by atoms with Crippen molar-refractivity contribution in [1.82, 2.24) is 15.5 Å². The number of hydrogen-bond acceptors (Lipinski definition) is 3. The molecular weight excluding hydrogens is 190 g/mol. The van der Waals surface area contributed by atoms with Crippen LogP contribution in [0, 0.1) is 0 Å². The van der Waals surface area contributed by atoms with Gasteiger partial charge in [-0.25, -0.2) is 0 Å². The Labute approximate surface area is 92.4 Å². The third-order valence-corrected chi connectivity index (χ3v) is 2.79. The topological polar surface area (TPSA) is 44.4 Å². The number of hydrogen-bond donors (Lipinski definition) is 2. The summed E-state index contributed by atoms with van der Waals surface area (Å²) in [6, 6.07) is 0. The molecule has 0 aliphatic carbocycles. The van der Waals surface area contributed by atoms with Gasteiger partial charge in [-0.3, -0.25) is 4.79 Å². The SMILES string of the molecule is CNCC(=O)NCCN1CCCCCC1. The molecule has 1 aliphatic rings. The Balaban J connectivity index is 2.05. The number of nitrogens with zero attached hydrogens (tertiary/aromatic N) is 1. The van der Waals surface area contributed by atoms with E-state index in [1.54, 1.807) is 7.05 Å². The maximum Gasteiger partial charge on any atom is 0.233 e. The van der Waals surface area contributed by atoms with Crippen LogP contribution in [0.3, 0.4) is 0 Å². The van der Waals surface area contributed by atoms with Crippen LogP contribution in [0.25, 0.3) is 0 Å². The third kappa shape index (κ3) is 5.74. The van der Waals surface area contributed by atoms with Gasteiger partial charge in [0.1, 0.15) is 0 Å². The van der Waals surface area contributed by atoms with E-state index in [2.05, 4.69) is 15.5 Å². The summed E-state index contributed by atoms with van der Waals surface area (Å²) in [6.07, 6.45) is 5.35. The molecule has 0 aromatic rings. The van der Waals surface area contributed by atoms with E-state index in [1.807, 2.05) is 0 Å². The van der Waals surface area contributed by atoms with Crippen LogP contribution < -0.4 is 10.6 Å². The molecule has 1 amide bonds. The molecule has 0 bridgehead atoms. The number of nitrogens with one attached hydrogen (secondary N) is 2. The smallest absolute Gasteiger partial charge is 0.233 e. The molecule has 0 atom stereocenters. The number of rotatable bonds is 5. The van der Waals surface area contributed by atoms with Crippen LogP contribution in [0.1, 0.15) is 25.7 Å². The second-order valence-corrected chi connectivity index (χ2v) is 4.14. The molecule has 4 heteroatoms. The number of carbonyl (C=O) groups is 1. The Kier molecular flexibility index (Phi) is 6.36. The quantitative estimate of drug-likeness (QED) is 0.685. The van der Waals surface area contributed by atoms with Gasteiger partial charge in [0.15, 0.2) is 0 Å². The molecule has 1 aliphatic heterocycles. The van der Waals surface area contributed by atoms with Crippen molar-refractivity contribution in [2.75, 3.05) is 39.8 Å². The molecule has 0 unspecified atom stereocenters. The minimum atomic E-state index is 0.0901. The minimum absolute atomic E-state index is 0.0901. The lowest BCUT2D eigenvalue weighted by molar-refractivity contribution is -0.120. The highest BCUT2D eigenvalue weighted by Crippen LogP contribution is 2.08. The molecule has 1 saturated heterocycles. The zero-order valence-corrected chi connectivity index (χ0v) is 9.72. The molecule has 88 valence electrons. The first-order valence-corrected chi connectivity index (χ1v) is 5.96. The monoisotopic (exact) mass is 213 g/mol. The Morgan fingerprint density at radius 2 is 1.87 bits per heavy atom. The molecule has 1 rings (SSSR count). The maximum absolute atomic E-state index is 11.2. The molecular formula is C11H23N3O. The highest BCUT2D eigenvalue weighted by molar-refractivity contribution is 5.77. The second-order valence-electron chi connectivity index (χ2n) is 4.14. The summed E-state index contributed by atoms with van der Waals surface area (Å²) in [5.74, 6) is 0.0901. The van der Waals surface area contributed by atoms with Crippen LogP contribution in [-0.4, -0.2) is 50.6 Å². The zero-order valence-electron chi connectivity index (χ0n) is 9.72. The molecule has 0 spiro atoms. The van der Waals surface area contributed by atoms with Gasteiger partial charge in [0, 0.05) is 13.1 Å². The Hall–Kier alpha value is -0.610.